The Labute approximate surface area is 185 Å². The topological polar surface area (TPSA) is 92.1 Å². The molecule has 32 heavy (non-hydrogen) atoms. The first kappa shape index (κ1) is 19.6. The molecule has 0 fully saturated rings. The van der Waals surface area contributed by atoms with Crippen LogP contribution in [0, 0.1) is 0 Å². The molecule has 1 amide bonds. The Kier molecular flexibility index (Phi) is 4.91. The molecule has 0 bridgehead atoms. The van der Waals surface area contributed by atoms with Crippen LogP contribution in [-0.4, -0.2) is 25.8 Å². The molecule has 7 nitrogen and oxygen atoms in total. The fraction of sp³-hybridized carbons (Fsp3) is 0.0800. The molecule has 1 atom stereocenters. The Morgan fingerprint density at radius 3 is 2.31 bits per heavy atom. The van der Waals surface area contributed by atoms with Crippen molar-refractivity contribution in [1.82, 2.24) is 14.8 Å². The number of allylic oxidation sites excluding steroid dienone is 1. The summed E-state index contributed by atoms with van der Waals surface area (Å²) in [5.41, 5.74) is 3.62. The Morgan fingerprint density at radius 1 is 0.969 bits per heavy atom. The smallest absolute Gasteiger partial charge is 0.255 e. The number of carbonyl (C=O) groups excluding carboxylic acids is 1. The number of carbonyl (C=O) groups is 1. The van der Waals surface area contributed by atoms with E-state index in [4.69, 9.17) is 5.10 Å². The molecule has 3 aromatic carbocycles. The van der Waals surface area contributed by atoms with Gasteiger partial charge in [-0.15, -0.1) is 5.10 Å². The van der Waals surface area contributed by atoms with E-state index >= 15 is 0 Å². The zero-order valence-electron chi connectivity index (χ0n) is 17.4. The van der Waals surface area contributed by atoms with Crippen molar-refractivity contribution in [1.29, 1.82) is 0 Å². The number of amides is 1. The molecule has 158 valence electrons. The Balaban J connectivity index is 1.60. The highest BCUT2D eigenvalue weighted by atomic mass is 16.3. The number of rotatable bonds is 4. The second-order valence-corrected chi connectivity index (χ2v) is 7.55. The fourth-order valence-electron chi connectivity index (χ4n) is 3.84. The van der Waals surface area contributed by atoms with Gasteiger partial charge < -0.3 is 15.7 Å². The second kappa shape index (κ2) is 8.03. The summed E-state index contributed by atoms with van der Waals surface area (Å²) in [6.07, 6.45) is 0. The number of phenols is 1. The van der Waals surface area contributed by atoms with E-state index in [2.05, 4.69) is 15.6 Å². The van der Waals surface area contributed by atoms with Crippen LogP contribution < -0.4 is 10.6 Å². The van der Waals surface area contributed by atoms with Gasteiger partial charge in [0.05, 0.1) is 5.57 Å². The van der Waals surface area contributed by atoms with Crippen LogP contribution in [0.15, 0.2) is 96.2 Å². The molecule has 2 heterocycles. The number of anilines is 2. The summed E-state index contributed by atoms with van der Waals surface area (Å²) < 4.78 is 1.72. The first-order chi connectivity index (χ1) is 15.6. The van der Waals surface area contributed by atoms with E-state index in [1.807, 2.05) is 67.6 Å². The van der Waals surface area contributed by atoms with Gasteiger partial charge in [-0.05, 0) is 36.8 Å². The number of phenolic OH excluding ortho intramolecular Hbond substituents is 1. The Bertz CT molecular complexity index is 1300. The monoisotopic (exact) mass is 423 g/mol. The predicted molar refractivity (Wildman–Crippen MR) is 123 cm³/mol. The number of nitrogens with zero attached hydrogens (tertiary/aromatic N) is 3. The Hall–Kier alpha value is -4.39. The molecule has 4 aromatic rings. The highest BCUT2D eigenvalue weighted by Gasteiger charge is 2.34. The van der Waals surface area contributed by atoms with Crippen molar-refractivity contribution in [3.8, 4) is 17.1 Å². The number of aromatic hydroxyl groups is 1. The number of aromatic nitrogens is 3. The summed E-state index contributed by atoms with van der Waals surface area (Å²) in [5, 5.41) is 20.7. The van der Waals surface area contributed by atoms with Crippen LogP contribution in [0.3, 0.4) is 0 Å². The van der Waals surface area contributed by atoms with Gasteiger partial charge in [-0.25, -0.2) is 4.68 Å². The summed E-state index contributed by atoms with van der Waals surface area (Å²) in [7, 11) is 0. The van der Waals surface area contributed by atoms with Gasteiger partial charge in [0.2, 0.25) is 5.95 Å². The van der Waals surface area contributed by atoms with Crippen molar-refractivity contribution >= 4 is 17.5 Å². The van der Waals surface area contributed by atoms with E-state index in [1.54, 1.807) is 28.9 Å². The summed E-state index contributed by atoms with van der Waals surface area (Å²) in [4.78, 5) is 18.1. The molecule has 0 unspecified atom stereocenters. The molecule has 3 N–H and O–H groups in total. The van der Waals surface area contributed by atoms with Gasteiger partial charge in [0.25, 0.3) is 5.91 Å². The van der Waals surface area contributed by atoms with Crippen molar-refractivity contribution in [3.05, 3.63) is 102 Å². The van der Waals surface area contributed by atoms with Crippen molar-refractivity contribution in [2.75, 3.05) is 10.6 Å². The summed E-state index contributed by atoms with van der Waals surface area (Å²) in [6, 6.07) is 25.3. The van der Waals surface area contributed by atoms with Gasteiger partial charge in [-0.3, -0.25) is 4.79 Å². The average Bonchev–Trinajstić information content (AvgIpc) is 3.23. The SMILES string of the molecule is CC1=C(C(=O)Nc2ccccc2)[C@@H](c2ccc(O)cc2)n2nc(-c3ccccc3)nc2N1. The maximum absolute atomic E-state index is 13.4. The zero-order valence-corrected chi connectivity index (χ0v) is 17.4. The molecule has 0 saturated heterocycles. The van der Waals surface area contributed by atoms with Gasteiger partial charge in [-0.1, -0.05) is 60.7 Å². The average molecular weight is 423 g/mol. The lowest BCUT2D eigenvalue weighted by Crippen LogP contribution is -2.31. The normalized spacial score (nSPS) is 15.1. The van der Waals surface area contributed by atoms with Crippen LogP contribution in [0.2, 0.25) is 0 Å². The molecule has 0 spiro atoms. The minimum Gasteiger partial charge on any atom is -0.508 e. The van der Waals surface area contributed by atoms with Crippen molar-refractivity contribution < 1.29 is 9.90 Å². The quantitative estimate of drug-likeness (QED) is 0.447. The number of hydrogen-bond acceptors (Lipinski definition) is 5. The van der Waals surface area contributed by atoms with Crippen molar-refractivity contribution in [2.45, 2.75) is 13.0 Å². The molecule has 0 saturated carbocycles. The molecule has 7 heteroatoms. The van der Waals surface area contributed by atoms with Crippen LogP contribution in [-0.2, 0) is 4.79 Å². The lowest BCUT2D eigenvalue weighted by Gasteiger charge is -2.28. The Morgan fingerprint density at radius 2 is 1.62 bits per heavy atom. The van der Waals surface area contributed by atoms with Gasteiger partial charge in [0.15, 0.2) is 5.82 Å². The van der Waals surface area contributed by atoms with Gasteiger partial charge >= 0.3 is 0 Å². The summed E-state index contributed by atoms with van der Waals surface area (Å²) >= 11 is 0. The van der Waals surface area contributed by atoms with Gasteiger partial charge in [-0.2, -0.15) is 4.98 Å². The summed E-state index contributed by atoms with van der Waals surface area (Å²) in [5.74, 6) is 1.04. The minimum absolute atomic E-state index is 0.155. The van der Waals surface area contributed by atoms with E-state index in [0.29, 0.717) is 28.7 Å². The first-order valence-electron chi connectivity index (χ1n) is 10.3. The number of nitrogens with one attached hydrogen (secondary N) is 2. The van der Waals surface area contributed by atoms with Crippen molar-refractivity contribution in [2.24, 2.45) is 0 Å². The van der Waals surface area contributed by atoms with E-state index in [1.165, 1.54) is 0 Å². The molecular formula is C25H21N5O2. The first-order valence-corrected chi connectivity index (χ1v) is 10.3. The molecular weight excluding hydrogens is 402 g/mol. The largest absolute Gasteiger partial charge is 0.508 e. The van der Waals surface area contributed by atoms with E-state index < -0.39 is 6.04 Å². The maximum atomic E-state index is 13.4. The van der Waals surface area contributed by atoms with Crippen LogP contribution in [0.4, 0.5) is 11.6 Å². The van der Waals surface area contributed by atoms with Gasteiger partial charge in [0.1, 0.15) is 11.8 Å². The fourth-order valence-corrected chi connectivity index (χ4v) is 3.84. The molecule has 1 aliphatic heterocycles. The van der Waals surface area contributed by atoms with E-state index in [9.17, 15) is 9.90 Å². The summed E-state index contributed by atoms with van der Waals surface area (Å²) in [6.45, 7) is 1.85. The third kappa shape index (κ3) is 3.60. The molecule has 1 aromatic heterocycles. The minimum atomic E-state index is -0.513. The van der Waals surface area contributed by atoms with Crippen LogP contribution >= 0.6 is 0 Å². The van der Waals surface area contributed by atoms with E-state index in [0.717, 1.165) is 11.1 Å². The lowest BCUT2D eigenvalue weighted by atomic mass is 9.95. The van der Waals surface area contributed by atoms with E-state index in [-0.39, 0.29) is 11.7 Å². The molecule has 0 aliphatic carbocycles. The standard InChI is InChI=1S/C25H21N5O2/c1-16-21(24(32)27-19-10-6-3-7-11-19)22(17-12-14-20(31)15-13-17)30-25(26-16)28-23(29-30)18-8-4-2-5-9-18/h2-15,22,31H,1H3,(H,27,32)(H,26,28,29)/t22-/m1/s1. The second-order valence-electron chi connectivity index (χ2n) is 7.55. The third-order valence-electron chi connectivity index (χ3n) is 5.37. The number of fused-ring (bicyclic) bond motifs is 1. The molecule has 5 rings (SSSR count). The lowest BCUT2D eigenvalue weighted by molar-refractivity contribution is -0.113. The number of para-hydroxylation sites is 1. The number of benzene rings is 3. The van der Waals surface area contributed by atoms with Gasteiger partial charge in [0, 0.05) is 16.9 Å². The predicted octanol–water partition coefficient (Wildman–Crippen LogP) is 4.58. The molecule has 0 radical (unpaired) electrons. The zero-order chi connectivity index (χ0) is 22.1. The molecule has 1 aliphatic rings. The third-order valence-corrected chi connectivity index (χ3v) is 5.37. The number of hydrogen-bond donors (Lipinski definition) is 3. The maximum Gasteiger partial charge on any atom is 0.255 e. The van der Waals surface area contributed by atoms with Crippen LogP contribution in [0.5, 0.6) is 5.75 Å². The van der Waals surface area contributed by atoms with Crippen LogP contribution in [0.25, 0.3) is 11.4 Å². The van der Waals surface area contributed by atoms with Crippen molar-refractivity contribution in [3.63, 3.8) is 0 Å². The highest BCUT2D eigenvalue weighted by Crippen LogP contribution is 2.37. The highest BCUT2D eigenvalue weighted by molar-refractivity contribution is 6.06. The van der Waals surface area contributed by atoms with Crippen LogP contribution in [0.1, 0.15) is 18.5 Å².